The van der Waals surface area contributed by atoms with E-state index in [1.807, 2.05) is 0 Å². The molecule has 0 bridgehead atoms. The summed E-state index contributed by atoms with van der Waals surface area (Å²) in [5.41, 5.74) is 0. The summed E-state index contributed by atoms with van der Waals surface area (Å²) >= 11 is 0. The molecule has 2 unspecified atom stereocenters. The number of aliphatic carboxylic acids is 1. The van der Waals surface area contributed by atoms with Crippen LogP contribution in [0.25, 0.3) is 0 Å². The van der Waals surface area contributed by atoms with Gasteiger partial charge in [0.2, 0.25) is 11.8 Å². The molecule has 1 aliphatic heterocycles. The predicted octanol–water partition coefficient (Wildman–Crippen LogP) is 1.16. The van der Waals surface area contributed by atoms with Gasteiger partial charge in [-0.1, -0.05) is 19.3 Å². The van der Waals surface area contributed by atoms with E-state index >= 15 is 0 Å². The lowest BCUT2D eigenvalue weighted by Crippen LogP contribution is -2.43. The van der Waals surface area contributed by atoms with Gasteiger partial charge in [-0.2, -0.15) is 0 Å². The molecule has 1 heterocycles. The fraction of sp³-hybridized carbons (Fsp3) is 0.824. The van der Waals surface area contributed by atoms with Crippen molar-refractivity contribution in [3.8, 4) is 0 Å². The van der Waals surface area contributed by atoms with Crippen molar-refractivity contribution in [2.45, 2.75) is 63.5 Å². The van der Waals surface area contributed by atoms with Crippen LogP contribution in [0.5, 0.6) is 0 Å². The number of methoxy groups -OCH3 is 1. The molecular weight excluding hydrogens is 312 g/mol. The third-order valence-corrected chi connectivity index (χ3v) is 5.08. The number of likely N-dealkylation sites (tertiary alicyclic amines) is 1. The first kappa shape index (κ1) is 18.7. The Morgan fingerprint density at radius 1 is 1.17 bits per heavy atom. The van der Waals surface area contributed by atoms with Crippen LogP contribution in [0.3, 0.4) is 0 Å². The Morgan fingerprint density at radius 3 is 2.50 bits per heavy atom. The normalized spacial score (nSPS) is 24.8. The van der Waals surface area contributed by atoms with E-state index in [4.69, 9.17) is 9.84 Å². The highest BCUT2D eigenvalue weighted by Crippen LogP contribution is 2.26. The minimum Gasteiger partial charge on any atom is -0.481 e. The van der Waals surface area contributed by atoms with E-state index in [-0.39, 0.29) is 36.9 Å². The molecule has 2 atom stereocenters. The Kier molecular flexibility index (Phi) is 7.02. The van der Waals surface area contributed by atoms with E-state index in [1.165, 1.54) is 24.2 Å². The summed E-state index contributed by atoms with van der Waals surface area (Å²) in [4.78, 5) is 36.9. The Hall–Kier alpha value is -1.63. The summed E-state index contributed by atoms with van der Waals surface area (Å²) in [5, 5.41) is 11.7. The van der Waals surface area contributed by atoms with Crippen molar-refractivity contribution in [3.05, 3.63) is 0 Å². The molecule has 0 spiro atoms. The number of hydrogen-bond donors (Lipinski definition) is 2. The first-order valence-electron chi connectivity index (χ1n) is 8.80. The average Bonchev–Trinajstić information content (AvgIpc) is 2.96. The summed E-state index contributed by atoms with van der Waals surface area (Å²) in [7, 11) is 1.56. The molecule has 2 rings (SSSR count). The van der Waals surface area contributed by atoms with Crippen molar-refractivity contribution < 1.29 is 24.2 Å². The highest BCUT2D eigenvalue weighted by Gasteiger charge is 2.36. The minimum atomic E-state index is -0.934. The van der Waals surface area contributed by atoms with Crippen LogP contribution in [0.2, 0.25) is 0 Å². The SMILES string of the molecule is COC1CC(CC(=O)O)N(C(=O)CNC(=O)CC2CCCCC2)C1. The molecule has 2 aliphatic rings. The zero-order valence-corrected chi connectivity index (χ0v) is 14.3. The van der Waals surface area contributed by atoms with Gasteiger partial charge in [0.05, 0.1) is 19.1 Å². The van der Waals surface area contributed by atoms with Gasteiger partial charge in [-0.05, 0) is 25.2 Å². The maximum absolute atomic E-state index is 12.4. The monoisotopic (exact) mass is 340 g/mol. The van der Waals surface area contributed by atoms with Gasteiger partial charge in [-0.25, -0.2) is 0 Å². The number of nitrogens with zero attached hydrogens (tertiary/aromatic N) is 1. The van der Waals surface area contributed by atoms with Crippen LogP contribution in [0.4, 0.5) is 0 Å². The van der Waals surface area contributed by atoms with Gasteiger partial charge in [-0.3, -0.25) is 14.4 Å². The first-order chi connectivity index (χ1) is 11.5. The van der Waals surface area contributed by atoms with Crippen LogP contribution in [0.1, 0.15) is 51.4 Å². The Balaban J connectivity index is 1.79. The van der Waals surface area contributed by atoms with Crippen molar-refractivity contribution in [1.82, 2.24) is 10.2 Å². The van der Waals surface area contributed by atoms with E-state index in [1.54, 1.807) is 7.11 Å². The number of carbonyl (C=O) groups is 3. The van der Waals surface area contributed by atoms with Gasteiger partial charge in [-0.15, -0.1) is 0 Å². The van der Waals surface area contributed by atoms with Crippen LogP contribution in [-0.2, 0) is 19.1 Å². The molecule has 1 saturated carbocycles. The maximum atomic E-state index is 12.4. The molecule has 7 nitrogen and oxygen atoms in total. The molecule has 0 radical (unpaired) electrons. The van der Waals surface area contributed by atoms with Crippen molar-refractivity contribution in [2.24, 2.45) is 5.92 Å². The van der Waals surface area contributed by atoms with E-state index in [2.05, 4.69) is 5.32 Å². The lowest BCUT2D eigenvalue weighted by Gasteiger charge is -2.24. The largest absolute Gasteiger partial charge is 0.481 e. The van der Waals surface area contributed by atoms with Crippen LogP contribution in [0.15, 0.2) is 0 Å². The van der Waals surface area contributed by atoms with E-state index in [9.17, 15) is 14.4 Å². The molecule has 1 aliphatic carbocycles. The van der Waals surface area contributed by atoms with E-state index in [0.717, 1.165) is 12.8 Å². The van der Waals surface area contributed by atoms with Gasteiger partial charge in [0.1, 0.15) is 0 Å². The van der Waals surface area contributed by atoms with Crippen molar-refractivity contribution >= 4 is 17.8 Å². The quantitative estimate of drug-likeness (QED) is 0.725. The number of carboxylic acids is 1. The average molecular weight is 340 g/mol. The molecule has 24 heavy (non-hydrogen) atoms. The first-order valence-corrected chi connectivity index (χ1v) is 8.80. The van der Waals surface area contributed by atoms with Crippen LogP contribution >= 0.6 is 0 Å². The third-order valence-electron chi connectivity index (χ3n) is 5.08. The van der Waals surface area contributed by atoms with E-state index < -0.39 is 5.97 Å². The summed E-state index contributed by atoms with van der Waals surface area (Å²) < 4.78 is 5.26. The Bertz CT molecular complexity index is 462. The second kappa shape index (κ2) is 9.01. The fourth-order valence-electron chi connectivity index (χ4n) is 3.75. The molecule has 2 fully saturated rings. The minimum absolute atomic E-state index is 0.0713. The second-order valence-electron chi connectivity index (χ2n) is 6.88. The number of rotatable bonds is 7. The molecule has 0 aromatic heterocycles. The number of amides is 2. The van der Waals surface area contributed by atoms with E-state index in [0.29, 0.717) is 25.3 Å². The summed E-state index contributed by atoms with van der Waals surface area (Å²) in [6, 6.07) is -0.366. The van der Waals surface area contributed by atoms with Gasteiger partial charge in [0, 0.05) is 26.1 Å². The molecule has 2 amide bonds. The van der Waals surface area contributed by atoms with Crippen LogP contribution in [-0.4, -0.2) is 60.1 Å². The zero-order chi connectivity index (χ0) is 17.5. The lowest BCUT2D eigenvalue weighted by molar-refractivity contribution is -0.140. The topological polar surface area (TPSA) is 95.9 Å². The number of carboxylic acid groups (broad SMARTS) is 1. The zero-order valence-electron chi connectivity index (χ0n) is 14.3. The standard InChI is InChI=1S/C17H28N2O5/c1-24-14-8-13(9-17(22)23)19(11-14)16(21)10-18-15(20)7-12-5-3-2-4-6-12/h12-14H,2-11H2,1H3,(H,18,20)(H,22,23). The third kappa shape index (κ3) is 5.47. The molecule has 136 valence electrons. The Morgan fingerprint density at radius 2 is 1.88 bits per heavy atom. The van der Waals surface area contributed by atoms with Crippen molar-refractivity contribution in [3.63, 3.8) is 0 Å². The van der Waals surface area contributed by atoms with Gasteiger partial charge in [0.25, 0.3) is 0 Å². The lowest BCUT2D eigenvalue weighted by atomic mass is 9.87. The van der Waals surface area contributed by atoms with Gasteiger partial charge < -0.3 is 20.1 Å². The van der Waals surface area contributed by atoms with Gasteiger partial charge >= 0.3 is 5.97 Å². The van der Waals surface area contributed by atoms with Crippen molar-refractivity contribution in [1.29, 1.82) is 0 Å². The Labute approximate surface area is 142 Å². The predicted molar refractivity (Wildman–Crippen MR) is 87.4 cm³/mol. The maximum Gasteiger partial charge on any atom is 0.305 e. The summed E-state index contributed by atoms with van der Waals surface area (Å²) in [5.74, 6) is -0.834. The summed E-state index contributed by atoms with van der Waals surface area (Å²) in [6.07, 6.45) is 6.54. The number of ether oxygens (including phenoxy) is 1. The van der Waals surface area contributed by atoms with Gasteiger partial charge in [0.15, 0.2) is 0 Å². The van der Waals surface area contributed by atoms with Crippen molar-refractivity contribution in [2.75, 3.05) is 20.2 Å². The fourth-order valence-corrected chi connectivity index (χ4v) is 3.75. The number of carbonyl (C=O) groups excluding carboxylic acids is 2. The number of nitrogens with one attached hydrogen (secondary N) is 1. The highest BCUT2D eigenvalue weighted by molar-refractivity contribution is 5.85. The molecular formula is C17H28N2O5. The van der Waals surface area contributed by atoms with Crippen LogP contribution in [0, 0.1) is 5.92 Å². The smallest absolute Gasteiger partial charge is 0.305 e. The molecule has 7 heteroatoms. The highest BCUT2D eigenvalue weighted by atomic mass is 16.5. The molecule has 2 N–H and O–H groups in total. The van der Waals surface area contributed by atoms with Crippen LogP contribution < -0.4 is 5.32 Å². The molecule has 0 aromatic carbocycles. The second-order valence-corrected chi connectivity index (χ2v) is 6.88. The summed E-state index contributed by atoms with van der Waals surface area (Å²) in [6.45, 7) is 0.309. The molecule has 0 aromatic rings. The number of hydrogen-bond acceptors (Lipinski definition) is 4. The molecule has 1 saturated heterocycles.